The molecule has 0 spiro atoms. The second-order valence-electron chi connectivity index (χ2n) is 8.02. The van der Waals surface area contributed by atoms with E-state index in [9.17, 15) is 9.59 Å². The minimum Gasteiger partial charge on any atom is -0.369 e. The van der Waals surface area contributed by atoms with Crippen LogP contribution in [0, 0.1) is 5.92 Å². The molecule has 0 saturated carbocycles. The smallest absolute Gasteiger partial charge is 0.256 e. The third kappa shape index (κ3) is 5.19. The van der Waals surface area contributed by atoms with Crippen molar-refractivity contribution in [3.63, 3.8) is 0 Å². The number of amides is 2. The van der Waals surface area contributed by atoms with E-state index >= 15 is 0 Å². The molecule has 3 N–H and O–H groups in total. The predicted molar refractivity (Wildman–Crippen MR) is 123 cm³/mol. The zero-order valence-corrected chi connectivity index (χ0v) is 17.5. The molecule has 158 valence electrons. The zero-order chi connectivity index (χ0) is 21.6. The summed E-state index contributed by atoms with van der Waals surface area (Å²) in [6.07, 6.45) is 1.62. The molecule has 1 saturated heterocycles. The molecular weight excluding hydrogens is 386 g/mol. The summed E-state index contributed by atoms with van der Waals surface area (Å²) in [4.78, 5) is 26.7. The fraction of sp³-hybridized carbons (Fsp3) is 0.231. The highest BCUT2D eigenvalue weighted by Crippen LogP contribution is 2.25. The highest BCUT2D eigenvalue weighted by molar-refractivity contribution is 6.08. The van der Waals surface area contributed by atoms with Gasteiger partial charge in [-0.2, -0.15) is 0 Å². The van der Waals surface area contributed by atoms with Crippen LogP contribution in [-0.4, -0.2) is 29.8 Å². The molecule has 3 aromatic rings. The molecule has 0 radical (unpaired) electrons. The lowest BCUT2D eigenvalue weighted by molar-refractivity contribution is -0.123. The summed E-state index contributed by atoms with van der Waals surface area (Å²) in [5.41, 5.74) is 9.91. The number of hydrogen-bond acceptors (Lipinski definition) is 3. The summed E-state index contributed by atoms with van der Waals surface area (Å²) in [5.74, 6) is -0.328. The number of nitrogens with one attached hydrogen (secondary N) is 1. The number of hydrogen-bond donors (Lipinski definition) is 2. The number of carbonyl (C=O) groups excluding carboxylic acids is 2. The molecule has 1 aliphatic heterocycles. The lowest BCUT2D eigenvalue weighted by Gasteiger charge is -2.30. The van der Waals surface area contributed by atoms with Gasteiger partial charge in [0.25, 0.3) is 5.91 Å². The highest BCUT2D eigenvalue weighted by atomic mass is 16.2. The topological polar surface area (TPSA) is 75.4 Å². The third-order valence-corrected chi connectivity index (χ3v) is 5.84. The maximum absolute atomic E-state index is 13.0. The van der Waals surface area contributed by atoms with Gasteiger partial charge in [-0.1, -0.05) is 60.7 Å². The standard InChI is InChI=1S/C26H27N3O2/c27-25(30)21-13-15-29(16-14-21)18-19-7-6-10-22(17-19)28-26(31)24-12-5-4-11-23(24)20-8-2-1-3-9-20/h1-12,17,21H,13-16,18H2,(H2,27,30)(H,28,31). The maximum Gasteiger partial charge on any atom is 0.256 e. The van der Waals surface area contributed by atoms with Crippen LogP contribution in [0.1, 0.15) is 28.8 Å². The van der Waals surface area contributed by atoms with Gasteiger partial charge in [-0.05, 0) is 60.8 Å². The van der Waals surface area contributed by atoms with Crippen molar-refractivity contribution in [2.45, 2.75) is 19.4 Å². The fourth-order valence-electron chi connectivity index (χ4n) is 4.13. The number of nitrogens with two attached hydrogens (primary N) is 1. The molecule has 1 fully saturated rings. The van der Waals surface area contributed by atoms with Crippen LogP contribution in [0.4, 0.5) is 5.69 Å². The minimum absolute atomic E-state index is 0.00782. The van der Waals surface area contributed by atoms with Crippen molar-refractivity contribution in [2.75, 3.05) is 18.4 Å². The SMILES string of the molecule is NC(=O)C1CCN(Cc2cccc(NC(=O)c3ccccc3-c3ccccc3)c2)CC1. The molecule has 2 amide bonds. The van der Waals surface area contributed by atoms with E-state index < -0.39 is 0 Å². The zero-order valence-electron chi connectivity index (χ0n) is 17.5. The molecule has 0 aliphatic carbocycles. The van der Waals surface area contributed by atoms with E-state index in [4.69, 9.17) is 5.73 Å². The quantitative estimate of drug-likeness (QED) is 0.633. The molecule has 4 rings (SSSR count). The van der Waals surface area contributed by atoms with Crippen LogP contribution < -0.4 is 11.1 Å². The van der Waals surface area contributed by atoms with Crippen molar-refractivity contribution in [1.29, 1.82) is 0 Å². The number of rotatable bonds is 6. The lowest BCUT2D eigenvalue weighted by atomic mass is 9.96. The van der Waals surface area contributed by atoms with Gasteiger partial charge < -0.3 is 11.1 Å². The third-order valence-electron chi connectivity index (χ3n) is 5.84. The van der Waals surface area contributed by atoms with Crippen molar-refractivity contribution in [2.24, 2.45) is 11.7 Å². The van der Waals surface area contributed by atoms with Gasteiger partial charge in [0.05, 0.1) is 0 Å². The highest BCUT2D eigenvalue weighted by Gasteiger charge is 2.23. The number of benzene rings is 3. The maximum atomic E-state index is 13.0. The Balaban J connectivity index is 1.44. The van der Waals surface area contributed by atoms with Crippen LogP contribution in [0.25, 0.3) is 11.1 Å². The summed E-state index contributed by atoms with van der Waals surface area (Å²) >= 11 is 0. The van der Waals surface area contributed by atoms with Crippen LogP contribution in [0.15, 0.2) is 78.9 Å². The number of likely N-dealkylation sites (tertiary alicyclic amines) is 1. The summed E-state index contributed by atoms with van der Waals surface area (Å²) in [5, 5.41) is 3.05. The van der Waals surface area contributed by atoms with Gasteiger partial charge in [-0.25, -0.2) is 0 Å². The van der Waals surface area contributed by atoms with Crippen molar-refractivity contribution < 1.29 is 9.59 Å². The van der Waals surface area contributed by atoms with Gasteiger partial charge >= 0.3 is 0 Å². The van der Waals surface area contributed by atoms with Gasteiger partial charge in [0, 0.05) is 23.7 Å². The molecule has 0 bridgehead atoms. The second kappa shape index (κ2) is 9.58. The Hall–Kier alpha value is -3.44. The molecule has 1 aliphatic rings. The summed E-state index contributed by atoms with van der Waals surface area (Å²) in [6, 6.07) is 25.5. The Labute approximate surface area is 182 Å². The van der Waals surface area contributed by atoms with Gasteiger partial charge in [-0.3, -0.25) is 14.5 Å². The predicted octanol–water partition coefficient (Wildman–Crippen LogP) is 4.30. The van der Waals surface area contributed by atoms with Crippen LogP contribution in [0.2, 0.25) is 0 Å². The minimum atomic E-state index is -0.194. The van der Waals surface area contributed by atoms with E-state index in [0.29, 0.717) is 5.56 Å². The number of piperidine rings is 1. The molecule has 1 heterocycles. The van der Waals surface area contributed by atoms with Crippen LogP contribution in [-0.2, 0) is 11.3 Å². The van der Waals surface area contributed by atoms with Crippen molar-refractivity contribution in [1.82, 2.24) is 4.90 Å². The van der Waals surface area contributed by atoms with E-state index in [1.54, 1.807) is 0 Å². The van der Waals surface area contributed by atoms with E-state index in [1.807, 2.05) is 72.8 Å². The van der Waals surface area contributed by atoms with Crippen molar-refractivity contribution in [3.05, 3.63) is 90.0 Å². The number of carbonyl (C=O) groups is 2. The Kier molecular flexibility index (Phi) is 6.43. The number of primary amides is 1. The van der Waals surface area contributed by atoms with Gasteiger partial charge in [0.2, 0.25) is 5.91 Å². The first-order valence-corrected chi connectivity index (χ1v) is 10.7. The summed E-state index contributed by atoms with van der Waals surface area (Å²) in [6.45, 7) is 2.50. The first kappa shape index (κ1) is 20.8. The first-order chi connectivity index (χ1) is 15.1. The average Bonchev–Trinajstić information content (AvgIpc) is 2.80. The van der Waals surface area contributed by atoms with Gasteiger partial charge in [0.1, 0.15) is 0 Å². The molecule has 5 heteroatoms. The summed E-state index contributed by atoms with van der Waals surface area (Å²) in [7, 11) is 0. The average molecular weight is 414 g/mol. The first-order valence-electron chi connectivity index (χ1n) is 10.7. The van der Waals surface area contributed by atoms with Crippen molar-refractivity contribution >= 4 is 17.5 Å². The molecule has 5 nitrogen and oxygen atoms in total. The van der Waals surface area contributed by atoms with Gasteiger partial charge in [-0.15, -0.1) is 0 Å². The van der Waals surface area contributed by atoms with Crippen LogP contribution >= 0.6 is 0 Å². The molecular formula is C26H27N3O2. The van der Waals surface area contributed by atoms with E-state index in [-0.39, 0.29) is 17.7 Å². The Bertz CT molecular complexity index is 1060. The molecule has 3 aromatic carbocycles. The van der Waals surface area contributed by atoms with E-state index in [1.165, 1.54) is 0 Å². The van der Waals surface area contributed by atoms with E-state index in [2.05, 4.69) is 16.3 Å². The van der Waals surface area contributed by atoms with Crippen LogP contribution in [0.5, 0.6) is 0 Å². The summed E-state index contributed by atoms with van der Waals surface area (Å²) < 4.78 is 0. The molecule has 0 unspecified atom stereocenters. The number of nitrogens with zero attached hydrogens (tertiary/aromatic N) is 1. The monoisotopic (exact) mass is 413 g/mol. The normalized spacial score (nSPS) is 14.8. The Morgan fingerprint density at radius 1 is 0.903 bits per heavy atom. The largest absolute Gasteiger partial charge is 0.369 e. The fourth-order valence-corrected chi connectivity index (χ4v) is 4.13. The lowest BCUT2D eigenvalue weighted by Crippen LogP contribution is -2.38. The molecule has 0 atom stereocenters. The Morgan fingerprint density at radius 3 is 2.35 bits per heavy atom. The van der Waals surface area contributed by atoms with Gasteiger partial charge in [0.15, 0.2) is 0 Å². The molecule has 31 heavy (non-hydrogen) atoms. The van der Waals surface area contributed by atoms with E-state index in [0.717, 1.165) is 54.9 Å². The Morgan fingerprint density at radius 2 is 1.61 bits per heavy atom. The van der Waals surface area contributed by atoms with Crippen molar-refractivity contribution in [3.8, 4) is 11.1 Å². The van der Waals surface area contributed by atoms with Crippen LogP contribution in [0.3, 0.4) is 0 Å². The second-order valence-corrected chi connectivity index (χ2v) is 8.02. The number of anilines is 1. The molecule has 0 aromatic heterocycles.